The summed E-state index contributed by atoms with van der Waals surface area (Å²) in [5.41, 5.74) is 1.37. The fourth-order valence-electron chi connectivity index (χ4n) is 2.57. The zero-order valence-corrected chi connectivity index (χ0v) is 11.7. The second-order valence-corrected chi connectivity index (χ2v) is 6.62. The fraction of sp³-hybridized carbons (Fsp3) is 0.500. The van der Waals surface area contributed by atoms with Crippen LogP contribution in [0.1, 0.15) is 33.1 Å². The molecule has 1 aliphatic carbocycles. The van der Waals surface area contributed by atoms with E-state index in [0.29, 0.717) is 0 Å². The fourth-order valence-corrected chi connectivity index (χ4v) is 3.93. The second kappa shape index (κ2) is 5.77. The Bertz CT molecular complexity index is 368. The topological polar surface area (TPSA) is 0 Å². The van der Waals surface area contributed by atoms with Crippen LogP contribution in [0, 0.1) is 11.8 Å². The van der Waals surface area contributed by atoms with Crippen LogP contribution in [0.25, 0.3) is 0 Å². The first-order valence-corrected chi connectivity index (χ1v) is 7.42. The standard InChI is InChI=1S/C16H22S/c1-12(2)14-10-9-13(3)16(11-14)17-15-7-5-4-6-8-15/h4-8,13-14,16H,1,9-11H2,2-3H3. The van der Waals surface area contributed by atoms with E-state index in [4.69, 9.17) is 0 Å². The Labute approximate surface area is 110 Å². The van der Waals surface area contributed by atoms with Gasteiger partial charge >= 0.3 is 0 Å². The molecule has 1 heteroatoms. The van der Waals surface area contributed by atoms with Crippen molar-refractivity contribution in [2.24, 2.45) is 11.8 Å². The van der Waals surface area contributed by atoms with E-state index >= 15 is 0 Å². The molecule has 17 heavy (non-hydrogen) atoms. The highest BCUT2D eigenvalue weighted by atomic mass is 32.2. The molecule has 0 spiro atoms. The predicted octanol–water partition coefficient (Wildman–Crippen LogP) is 5.16. The van der Waals surface area contributed by atoms with Gasteiger partial charge in [0.05, 0.1) is 0 Å². The van der Waals surface area contributed by atoms with Gasteiger partial charge in [-0.05, 0) is 50.2 Å². The van der Waals surface area contributed by atoms with Crippen LogP contribution in [-0.2, 0) is 0 Å². The van der Waals surface area contributed by atoms with Crippen LogP contribution in [0.3, 0.4) is 0 Å². The summed E-state index contributed by atoms with van der Waals surface area (Å²) in [5, 5.41) is 0.757. The van der Waals surface area contributed by atoms with Gasteiger partial charge < -0.3 is 0 Å². The van der Waals surface area contributed by atoms with E-state index in [2.05, 4.69) is 62.5 Å². The summed E-state index contributed by atoms with van der Waals surface area (Å²) in [5.74, 6) is 1.57. The van der Waals surface area contributed by atoms with Gasteiger partial charge in [0.15, 0.2) is 0 Å². The van der Waals surface area contributed by atoms with Crippen LogP contribution in [-0.4, -0.2) is 5.25 Å². The van der Waals surface area contributed by atoms with E-state index in [1.165, 1.54) is 29.7 Å². The number of thioether (sulfide) groups is 1. The van der Waals surface area contributed by atoms with E-state index in [9.17, 15) is 0 Å². The molecule has 0 saturated heterocycles. The predicted molar refractivity (Wildman–Crippen MR) is 77.4 cm³/mol. The lowest BCUT2D eigenvalue weighted by molar-refractivity contribution is 0.331. The summed E-state index contributed by atoms with van der Waals surface area (Å²) in [6.07, 6.45) is 3.99. The highest BCUT2D eigenvalue weighted by Crippen LogP contribution is 2.41. The first-order chi connectivity index (χ1) is 8.16. The third kappa shape index (κ3) is 3.38. The molecule has 0 amide bonds. The minimum absolute atomic E-state index is 0.743. The summed E-state index contributed by atoms with van der Waals surface area (Å²) in [6, 6.07) is 10.8. The average Bonchev–Trinajstić information content (AvgIpc) is 2.33. The summed E-state index contributed by atoms with van der Waals surface area (Å²) in [7, 11) is 0. The Kier molecular flexibility index (Phi) is 4.33. The minimum atomic E-state index is 0.743. The van der Waals surface area contributed by atoms with Gasteiger partial charge in [-0.15, -0.1) is 11.8 Å². The Morgan fingerprint density at radius 3 is 2.59 bits per heavy atom. The van der Waals surface area contributed by atoms with Crippen molar-refractivity contribution in [3.8, 4) is 0 Å². The van der Waals surface area contributed by atoms with Gasteiger partial charge in [0.2, 0.25) is 0 Å². The molecule has 92 valence electrons. The molecular weight excluding hydrogens is 224 g/mol. The van der Waals surface area contributed by atoms with Crippen molar-refractivity contribution in [1.82, 2.24) is 0 Å². The van der Waals surface area contributed by atoms with Crippen LogP contribution < -0.4 is 0 Å². The molecule has 1 saturated carbocycles. The second-order valence-electron chi connectivity index (χ2n) is 5.30. The highest BCUT2D eigenvalue weighted by molar-refractivity contribution is 8.00. The molecule has 0 aliphatic heterocycles. The summed E-state index contributed by atoms with van der Waals surface area (Å²) in [4.78, 5) is 1.41. The number of benzene rings is 1. The first-order valence-electron chi connectivity index (χ1n) is 6.54. The molecule has 3 atom stereocenters. The Balaban J connectivity index is 2.01. The van der Waals surface area contributed by atoms with Gasteiger partial charge in [-0.25, -0.2) is 0 Å². The van der Waals surface area contributed by atoms with Crippen molar-refractivity contribution >= 4 is 11.8 Å². The zero-order chi connectivity index (χ0) is 12.3. The lowest BCUT2D eigenvalue weighted by Gasteiger charge is -2.34. The largest absolute Gasteiger partial charge is 0.122 e. The minimum Gasteiger partial charge on any atom is -0.122 e. The van der Waals surface area contributed by atoms with Crippen molar-refractivity contribution in [3.63, 3.8) is 0 Å². The number of hydrogen-bond donors (Lipinski definition) is 0. The van der Waals surface area contributed by atoms with E-state index in [0.717, 1.165) is 17.1 Å². The van der Waals surface area contributed by atoms with E-state index in [-0.39, 0.29) is 0 Å². The maximum absolute atomic E-state index is 4.14. The van der Waals surface area contributed by atoms with Crippen molar-refractivity contribution in [1.29, 1.82) is 0 Å². The molecular formula is C16H22S. The summed E-state index contributed by atoms with van der Waals surface area (Å²) in [6.45, 7) is 8.72. The van der Waals surface area contributed by atoms with Gasteiger partial charge in [-0.2, -0.15) is 0 Å². The molecule has 2 rings (SSSR count). The Hall–Kier alpha value is -0.690. The van der Waals surface area contributed by atoms with Gasteiger partial charge in [0, 0.05) is 10.1 Å². The van der Waals surface area contributed by atoms with Gasteiger partial charge in [0.25, 0.3) is 0 Å². The van der Waals surface area contributed by atoms with Gasteiger partial charge in [-0.3, -0.25) is 0 Å². The quantitative estimate of drug-likeness (QED) is 0.664. The smallest absolute Gasteiger partial charge is 0.0126 e. The molecule has 0 N–H and O–H groups in total. The van der Waals surface area contributed by atoms with Crippen LogP contribution in [0.5, 0.6) is 0 Å². The third-order valence-electron chi connectivity index (χ3n) is 3.85. The molecule has 0 bridgehead atoms. The molecule has 1 aromatic carbocycles. The van der Waals surface area contributed by atoms with Crippen LogP contribution >= 0.6 is 11.8 Å². The van der Waals surface area contributed by atoms with Crippen LogP contribution in [0.2, 0.25) is 0 Å². The molecule has 3 unspecified atom stereocenters. The lowest BCUT2D eigenvalue weighted by Crippen LogP contribution is -2.25. The number of hydrogen-bond acceptors (Lipinski definition) is 1. The van der Waals surface area contributed by atoms with Crippen molar-refractivity contribution in [2.45, 2.75) is 43.3 Å². The third-order valence-corrected chi connectivity index (χ3v) is 5.35. The average molecular weight is 246 g/mol. The summed E-state index contributed by atoms with van der Waals surface area (Å²) < 4.78 is 0. The lowest BCUT2D eigenvalue weighted by atomic mass is 9.79. The van der Waals surface area contributed by atoms with Crippen LogP contribution in [0.15, 0.2) is 47.4 Å². The molecule has 1 fully saturated rings. The van der Waals surface area contributed by atoms with E-state index in [1.807, 2.05) is 0 Å². The SMILES string of the molecule is C=C(C)C1CCC(C)C(Sc2ccccc2)C1. The highest BCUT2D eigenvalue weighted by Gasteiger charge is 2.28. The molecule has 1 aromatic rings. The number of rotatable bonds is 3. The molecule has 0 heterocycles. The van der Waals surface area contributed by atoms with Crippen molar-refractivity contribution in [2.75, 3.05) is 0 Å². The Morgan fingerprint density at radius 2 is 1.94 bits per heavy atom. The maximum atomic E-state index is 4.14. The van der Waals surface area contributed by atoms with Crippen molar-refractivity contribution < 1.29 is 0 Å². The van der Waals surface area contributed by atoms with E-state index in [1.54, 1.807) is 0 Å². The normalized spacial score (nSPS) is 28.9. The van der Waals surface area contributed by atoms with Gasteiger partial charge in [0.1, 0.15) is 0 Å². The zero-order valence-electron chi connectivity index (χ0n) is 10.9. The summed E-state index contributed by atoms with van der Waals surface area (Å²) >= 11 is 2.05. The van der Waals surface area contributed by atoms with Crippen molar-refractivity contribution in [3.05, 3.63) is 42.5 Å². The molecule has 0 aromatic heterocycles. The Morgan fingerprint density at radius 1 is 1.24 bits per heavy atom. The maximum Gasteiger partial charge on any atom is 0.0126 e. The van der Waals surface area contributed by atoms with E-state index < -0.39 is 0 Å². The monoisotopic (exact) mass is 246 g/mol. The van der Waals surface area contributed by atoms with Crippen LogP contribution in [0.4, 0.5) is 0 Å². The molecule has 0 radical (unpaired) electrons. The molecule has 1 aliphatic rings. The molecule has 0 nitrogen and oxygen atoms in total. The van der Waals surface area contributed by atoms with Gasteiger partial charge in [-0.1, -0.05) is 37.3 Å². The first kappa shape index (κ1) is 12.8. The number of allylic oxidation sites excluding steroid dienone is 1.